The number of para-hydroxylation sites is 1. The molecule has 0 saturated heterocycles. The van der Waals surface area contributed by atoms with Crippen LogP contribution in [0, 0.1) is 13.8 Å². The molecule has 0 aliphatic heterocycles. The minimum Gasteiger partial charge on any atom is -0.241 e. The van der Waals surface area contributed by atoms with Crippen LogP contribution in [0.4, 0.5) is 5.69 Å². The van der Waals surface area contributed by atoms with E-state index in [0.717, 1.165) is 16.3 Å². The highest BCUT2D eigenvalue weighted by Gasteiger charge is 2.07. The van der Waals surface area contributed by atoms with Gasteiger partial charge < -0.3 is 0 Å². The van der Waals surface area contributed by atoms with E-state index in [1.807, 2.05) is 30.3 Å². The fraction of sp³-hybridized carbons (Fsp3) is 0.125. The summed E-state index contributed by atoms with van der Waals surface area (Å²) in [6, 6.07) is 27.3. The Balaban J connectivity index is 1.88. The van der Waals surface area contributed by atoms with Crippen LogP contribution >= 0.6 is 23.5 Å². The lowest BCUT2D eigenvalue weighted by molar-refractivity contribution is 1.36. The lowest BCUT2D eigenvalue weighted by atomic mass is 10.2. The first kappa shape index (κ1) is 19.5. The summed E-state index contributed by atoms with van der Waals surface area (Å²) in [4.78, 5) is 7.36. The summed E-state index contributed by atoms with van der Waals surface area (Å²) in [7, 11) is 0. The van der Waals surface area contributed by atoms with Gasteiger partial charge in [-0.1, -0.05) is 77.1 Å². The van der Waals surface area contributed by atoms with Gasteiger partial charge in [0.25, 0.3) is 0 Å². The second-order valence-electron chi connectivity index (χ2n) is 6.41. The highest BCUT2D eigenvalue weighted by atomic mass is 32.2. The Hall–Kier alpha value is -2.23. The highest BCUT2D eigenvalue weighted by Crippen LogP contribution is 2.29. The fourth-order valence-electron chi connectivity index (χ4n) is 2.50. The Labute approximate surface area is 170 Å². The van der Waals surface area contributed by atoms with E-state index in [1.54, 1.807) is 23.5 Å². The smallest absolute Gasteiger partial charge is 0.105 e. The molecule has 0 bridgehead atoms. The molecule has 0 saturated carbocycles. The number of rotatable bonds is 5. The molecule has 0 radical (unpaired) electrons. The van der Waals surface area contributed by atoms with Gasteiger partial charge in [-0.15, -0.1) is 0 Å². The Kier molecular flexibility index (Phi) is 6.97. The van der Waals surface area contributed by atoms with Crippen LogP contribution in [0.5, 0.6) is 0 Å². The Bertz CT molecular complexity index is 959. The lowest BCUT2D eigenvalue weighted by Gasteiger charge is -2.08. The molecule has 3 aromatic carbocycles. The summed E-state index contributed by atoms with van der Waals surface area (Å²) >= 11 is 3.45. The number of hydrogen-bond acceptors (Lipinski definition) is 3. The molecule has 27 heavy (non-hydrogen) atoms. The van der Waals surface area contributed by atoms with Crippen molar-refractivity contribution in [2.75, 3.05) is 0 Å². The minimum atomic E-state index is 0.973. The van der Waals surface area contributed by atoms with Gasteiger partial charge in [0.15, 0.2) is 0 Å². The van der Waals surface area contributed by atoms with Crippen LogP contribution in [-0.2, 0) is 0 Å². The first-order valence-electron chi connectivity index (χ1n) is 8.89. The Morgan fingerprint density at radius 2 is 1.41 bits per heavy atom. The standard InChI is InChI=1S/C24H23NS2/c1-18-9-7-13-22(15-18)26-17-20(3)24(25-21-11-5-4-6-12-21)27-23-14-8-10-19(2)16-23/h4-17H,1-3H3. The SMILES string of the molecule is CC(=CSc1cccc(C)c1)C(=Nc1ccccc1)Sc1cccc(C)c1. The first-order chi connectivity index (χ1) is 13.1. The number of aliphatic imine (C=N–C) groups is 1. The minimum absolute atomic E-state index is 0.973. The second kappa shape index (κ2) is 9.63. The van der Waals surface area contributed by atoms with E-state index in [0.29, 0.717) is 0 Å². The Morgan fingerprint density at radius 1 is 0.778 bits per heavy atom. The maximum atomic E-state index is 4.91. The number of aryl methyl sites for hydroxylation is 2. The Morgan fingerprint density at radius 3 is 2.07 bits per heavy atom. The van der Waals surface area contributed by atoms with Crippen molar-refractivity contribution >= 4 is 34.3 Å². The molecular weight excluding hydrogens is 366 g/mol. The average Bonchev–Trinajstić information content (AvgIpc) is 2.66. The summed E-state index contributed by atoms with van der Waals surface area (Å²) in [5.41, 5.74) is 4.67. The number of thioether (sulfide) groups is 2. The van der Waals surface area contributed by atoms with Gasteiger partial charge in [-0.2, -0.15) is 0 Å². The van der Waals surface area contributed by atoms with Crippen LogP contribution in [0.15, 0.2) is 105 Å². The molecule has 136 valence electrons. The van der Waals surface area contributed by atoms with Gasteiger partial charge in [0, 0.05) is 9.79 Å². The first-order valence-corrected chi connectivity index (χ1v) is 10.6. The number of benzene rings is 3. The van der Waals surface area contributed by atoms with Crippen LogP contribution in [0.3, 0.4) is 0 Å². The topological polar surface area (TPSA) is 12.4 Å². The van der Waals surface area contributed by atoms with Gasteiger partial charge in [-0.05, 0) is 68.2 Å². The zero-order valence-electron chi connectivity index (χ0n) is 15.8. The van der Waals surface area contributed by atoms with Crippen molar-refractivity contribution < 1.29 is 0 Å². The maximum Gasteiger partial charge on any atom is 0.105 e. The summed E-state index contributed by atoms with van der Waals surface area (Å²) < 4.78 is 0. The van der Waals surface area contributed by atoms with Gasteiger partial charge in [0.05, 0.1) is 5.69 Å². The van der Waals surface area contributed by atoms with E-state index < -0.39 is 0 Å². The van der Waals surface area contributed by atoms with Crippen LogP contribution in [0.2, 0.25) is 0 Å². The van der Waals surface area contributed by atoms with E-state index in [2.05, 4.69) is 74.7 Å². The largest absolute Gasteiger partial charge is 0.241 e. The van der Waals surface area contributed by atoms with E-state index in [1.165, 1.54) is 20.9 Å². The van der Waals surface area contributed by atoms with Gasteiger partial charge in [0.1, 0.15) is 5.04 Å². The number of nitrogens with zero attached hydrogens (tertiary/aromatic N) is 1. The average molecular weight is 390 g/mol. The predicted molar refractivity (Wildman–Crippen MR) is 121 cm³/mol. The van der Waals surface area contributed by atoms with Crippen LogP contribution in [0.25, 0.3) is 0 Å². The van der Waals surface area contributed by atoms with Crippen molar-refractivity contribution in [1.29, 1.82) is 0 Å². The molecule has 0 N–H and O–H groups in total. The molecule has 0 unspecified atom stereocenters. The van der Waals surface area contributed by atoms with Crippen molar-refractivity contribution in [3.8, 4) is 0 Å². The van der Waals surface area contributed by atoms with Crippen molar-refractivity contribution in [2.45, 2.75) is 30.6 Å². The van der Waals surface area contributed by atoms with E-state index in [9.17, 15) is 0 Å². The fourth-order valence-corrected chi connectivity index (χ4v) is 4.39. The summed E-state index contributed by atoms with van der Waals surface area (Å²) in [6.07, 6.45) is 0. The molecule has 0 heterocycles. The third-order valence-corrected chi connectivity index (χ3v) is 5.98. The van der Waals surface area contributed by atoms with Gasteiger partial charge in [0.2, 0.25) is 0 Å². The zero-order valence-corrected chi connectivity index (χ0v) is 17.5. The maximum absolute atomic E-state index is 4.91. The van der Waals surface area contributed by atoms with Gasteiger partial charge in [-0.3, -0.25) is 0 Å². The molecule has 1 nitrogen and oxygen atoms in total. The monoisotopic (exact) mass is 389 g/mol. The van der Waals surface area contributed by atoms with Crippen LogP contribution in [-0.4, -0.2) is 5.04 Å². The molecule has 0 aliphatic carbocycles. The molecule has 3 aromatic rings. The van der Waals surface area contributed by atoms with E-state index in [4.69, 9.17) is 4.99 Å². The van der Waals surface area contributed by atoms with Crippen molar-refractivity contribution in [3.63, 3.8) is 0 Å². The van der Waals surface area contributed by atoms with Gasteiger partial charge in [-0.25, -0.2) is 4.99 Å². The number of hydrogen-bond donors (Lipinski definition) is 0. The molecule has 0 aliphatic rings. The van der Waals surface area contributed by atoms with E-state index >= 15 is 0 Å². The third kappa shape index (κ3) is 6.16. The lowest BCUT2D eigenvalue weighted by Crippen LogP contribution is -1.94. The summed E-state index contributed by atoms with van der Waals surface area (Å²) in [6.45, 7) is 6.37. The normalized spacial score (nSPS) is 12.3. The second-order valence-corrected chi connectivity index (χ2v) is 8.41. The highest BCUT2D eigenvalue weighted by molar-refractivity contribution is 8.14. The van der Waals surface area contributed by atoms with E-state index in [-0.39, 0.29) is 0 Å². The predicted octanol–water partition coefficient (Wildman–Crippen LogP) is 7.82. The zero-order chi connectivity index (χ0) is 19.1. The molecule has 0 atom stereocenters. The molecule has 3 rings (SSSR count). The molecule has 3 heteroatoms. The molecule has 0 amide bonds. The van der Waals surface area contributed by atoms with Crippen molar-refractivity contribution in [2.24, 2.45) is 4.99 Å². The van der Waals surface area contributed by atoms with Crippen LogP contribution in [0.1, 0.15) is 18.1 Å². The van der Waals surface area contributed by atoms with Gasteiger partial charge >= 0.3 is 0 Å². The molecule has 0 fully saturated rings. The van der Waals surface area contributed by atoms with Crippen molar-refractivity contribution in [3.05, 3.63) is 101 Å². The molecule has 0 aromatic heterocycles. The quantitative estimate of drug-likeness (QED) is 0.250. The molecule has 0 spiro atoms. The molecular formula is C24H23NS2. The van der Waals surface area contributed by atoms with Crippen molar-refractivity contribution in [1.82, 2.24) is 0 Å². The van der Waals surface area contributed by atoms with Crippen LogP contribution < -0.4 is 0 Å². The third-order valence-electron chi connectivity index (χ3n) is 3.89. The summed E-state index contributed by atoms with van der Waals surface area (Å²) in [5.74, 6) is 0. The summed E-state index contributed by atoms with van der Waals surface area (Å²) in [5, 5.41) is 3.21.